The largest absolute Gasteiger partial charge is 0.347 e. The quantitative estimate of drug-likeness (QED) is 0.784. The topological polar surface area (TPSA) is 71.2 Å². The summed E-state index contributed by atoms with van der Waals surface area (Å²) in [6.45, 7) is 4.39. The third-order valence-corrected chi connectivity index (χ3v) is 5.70. The Kier molecular flexibility index (Phi) is 7.17. The number of rotatable bonds is 7. The van der Waals surface area contributed by atoms with Crippen molar-refractivity contribution in [1.29, 1.82) is 0 Å². The molecule has 0 saturated carbocycles. The maximum absolute atomic E-state index is 12.4. The Hall–Kier alpha value is -1.76. The molecule has 26 heavy (non-hydrogen) atoms. The lowest BCUT2D eigenvalue weighted by Crippen LogP contribution is -2.27. The molecule has 1 saturated heterocycles. The van der Waals surface area contributed by atoms with Crippen molar-refractivity contribution in [2.45, 2.75) is 45.2 Å². The van der Waals surface area contributed by atoms with E-state index in [1.54, 1.807) is 0 Å². The van der Waals surface area contributed by atoms with E-state index in [1.807, 2.05) is 11.4 Å². The number of carbonyl (C=O) groups is 1. The van der Waals surface area contributed by atoms with Crippen molar-refractivity contribution in [3.8, 4) is 0 Å². The second-order valence-electron chi connectivity index (χ2n) is 6.81. The van der Waals surface area contributed by atoms with Crippen LogP contribution in [0.5, 0.6) is 0 Å². The number of benzene rings is 1. The highest BCUT2D eigenvalue weighted by molar-refractivity contribution is 7.09. The first kappa shape index (κ1) is 19.0. The number of hydrogen-bond donors (Lipinski definition) is 2. The summed E-state index contributed by atoms with van der Waals surface area (Å²) in [6, 6.07) is 8.40. The highest BCUT2D eigenvalue weighted by Gasteiger charge is 2.14. The molecule has 1 aromatic heterocycles. The Labute approximate surface area is 159 Å². The highest BCUT2D eigenvalue weighted by atomic mass is 32.1. The molecule has 1 aromatic carbocycles. The van der Waals surface area contributed by atoms with Crippen LogP contribution in [-0.2, 0) is 19.5 Å². The fourth-order valence-corrected chi connectivity index (χ4v) is 4.13. The third kappa shape index (κ3) is 5.37. The molecule has 140 valence electrons. The number of aromatic nitrogens is 1. The van der Waals surface area contributed by atoms with Gasteiger partial charge in [-0.3, -0.25) is 9.69 Å². The van der Waals surface area contributed by atoms with E-state index in [9.17, 15) is 4.79 Å². The molecular formula is C20H28N4OS. The van der Waals surface area contributed by atoms with Crippen molar-refractivity contribution < 1.29 is 4.79 Å². The number of carbonyl (C=O) groups excluding carboxylic acids is 1. The molecule has 0 aliphatic carbocycles. The number of nitrogens with one attached hydrogen (secondary N) is 1. The van der Waals surface area contributed by atoms with Crippen molar-refractivity contribution in [3.05, 3.63) is 51.5 Å². The summed E-state index contributed by atoms with van der Waals surface area (Å²) in [5.41, 5.74) is 8.52. The zero-order valence-electron chi connectivity index (χ0n) is 15.2. The van der Waals surface area contributed by atoms with Crippen LogP contribution in [-0.4, -0.2) is 35.4 Å². The Morgan fingerprint density at radius 3 is 2.62 bits per heavy atom. The van der Waals surface area contributed by atoms with Crippen LogP contribution < -0.4 is 11.1 Å². The molecule has 3 rings (SSSR count). The molecule has 1 aliphatic rings. The molecule has 2 aromatic rings. The fraction of sp³-hybridized carbons (Fsp3) is 0.500. The Morgan fingerprint density at radius 2 is 1.88 bits per heavy atom. The maximum Gasteiger partial charge on any atom is 0.271 e. The van der Waals surface area contributed by atoms with Crippen LogP contribution in [0.2, 0.25) is 0 Å². The summed E-state index contributed by atoms with van der Waals surface area (Å²) in [6.07, 6.45) is 5.97. The molecule has 0 atom stereocenters. The molecule has 1 amide bonds. The second kappa shape index (κ2) is 9.80. The van der Waals surface area contributed by atoms with Gasteiger partial charge in [0.15, 0.2) is 0 Å². The van der Waals surface area contributed by atoms with E-state index in [1.165, 1.54) is 61.2 Å². The van der Waals surface area contributed by atoms with Gasteiger partial charge in [-0.15, -0.1) is 11.3 Å². The number of thiazole rings is 1. The van der Waals surface area contributed by atoms with Crippen LogP contribution in [0.4, 0.5) is 0 Å². The molecule has 0 bridgehead atoms. The summed E-state index contributed by atoms with van der Waals surface area (Å²) in [4.78, 5) is 19.3. The van der Waals surface area contributed by atoms with Gasteiger partial charge >= 0.3 is 0 Å². The lowest BCUT2D eigenvalue weighted by atomic mass is 10.1. The van der Waals surface area contributed by atoms with Crippen molar-refractivity contribution in [3.63, 3.8) is 0 Å². The van der Waals surface area contributed by atoms with Gasteiger partial charge in [-0.05, 0) is 43.6 Å². The van der Waals surface area contributed by atoms with Gasteiger partial charge in [0.25, 0.3) is 5.91 Å². The normalized spacial score (nSPS) is 15.6. The minimum absolute atomic E-state index is 0.117. The standard InChI is InChI=1S/C20H28N4OS/c21-10-9-19-23-18(15-26-19)20(25)22-13-16-7-3-4-8-17(16)14-24-11-5-1-2-6-12-24/h3-4,7-8,15H,1-2,5-6,9-14,21H2,(H,22,25). The Bertz CT molecular complexity index is 707. The second-order valence-corrected chi connectivity index (χ2v) is 7.75. The average molecular weight is 373 g/mol. The molecule has 0 spiro atoms. The molecule has 6 heteroatoms. The van der Waals surface area contributed by atoms with E-state index >= 15 is 0 Å². The summed E-state index contributed by atoms with van der Waals surface area (Å²) in [5, 5.41) is 5.74. The molecule has 3 N–H and O–H groups in total. The fourth-order valence-electron chi connectivity index (χ4n) is 3.34. The predicted molar refractivity (Wildman–Crippen MR) is 106 cm³/mol. The smallest absolute Gasteiger partial charge is 0.271 e. The van der Waals surface area contributed by atoms with Crippen LogP contribution >= 0.6 is 11.3 Å². The van der Waals surface area contributed by atoms with Gasteiger partial charge in [0, 0.05) is 24.9 Å². The van der Waals surface area contributed by atoms with E-state index in [-0.39, 0.29) is 5.91 Å². The van der Waals surface area contributed by atoms with Crippen LogP contribution in [0.25, 0.3) is 0 Å². The van der Waals surface area contributed by atoms with Gasteiger partial charge in [-0.1, -0.05) is 37.1 Å². The van der Waals surface area contributed by atoms with Crippen molar-refractivity contribution >= 4 is 17.2 Å². The van der Waals surface area contributed by atoms with Crippen LogP contribution in [0.15, 0.2) is 29.6 Å². The monoisotopic (exact) mass is 372 g/mol. The first-order valence-electron chi connectivity index (χ1n) is 9.48. The van der Waals surface area contributed by atoms with Crippen LogP contribution in [0.3, 0.4) is 0 Å². The van der Waals surface area contributed by atoms with Crippen molar-refractivity contribution in [1.82, 2.24) is 15.2 Å². The van der Waals surface area contributed by atoms with E-state index in [2.05, 4.69) is 33.4 Å². The third-order valence-electron chi connectivity index (χ3n) is 4.79. The molecule has 1 aliphatic heterocycles. The van der Waals surface area contributed by atoms with Gasteiger partial charge in [0.1, 0.15) is 5.69 Å². The van der Waals surface area contributed by atoms with Gasteiger partial charge in [-0.25, -0.2) is 4.98 Å². The summed E-state index contributed by atoms with van der Waals surface area (Å²) in [5.74, 6) is -0.117. The van der Waals surface area contributed by atoms with E-state index in [0.29, 0.717) is 18.8 Å². The minimum atomic E-state index is -0.117. The molecule has 5 nitrogen and oxygen atoms in total. The van der Waals surface area contributed by atoms with Gasteiger partial charge in [-0.2, -0.15) is 0 Å². The maximum atomic E-state index is 12.4. The molecule has 2 heterocycles. The number of amides is 1. The average Bonchev–Trinajstić information content (AvgIpc) is 2.97. The Balaban J connectivity index is 1.59. The lowest BCUT2D eigenvalue weighted by molar-refractivity contribution is 0.0946. The number of hydrogen-bond acceptors (Lipinski definition) is 5. The van der Waals surface area contributed by atoms with E-state index < -0.39 is 0 Å². The van der Waals surface area contributed by atoms with Gasteiger partial charge < -0.3 is 11.1 Å². The van der Waals surface area contributed by atoms with Crippen molar-refractivity contribution in [2.24, 2.45) is 5.73 Å². The lowest BCUT2D eigenvalue weighted by Gasteiger charge is -2.21. The van der Waals surface area contributed by atoms with E-state index in [4.69, 9.17) is 5.73 Å². The molecule has 0 unspecified atom stereocenters. The Morgan fingerprint density at radius 1 is 1.15 bits per heavy atom. The van der Waals surface area contributed by atoms with Crippen LogP contribution in [0.1, 0.15) is 52.3 Å². The molecular weight excluding hydrogens is 344 g/mol. The predicted octanol–water partition coefficient (Wildman–Crippen LogP) is 2.95. The zero-order chi connectivity index (χ0) is 18.2. The summed E-state index contributed by atoms with van der Waals surface area (Å²) >= 11 is 1.49. The zero-order valence-corrected chi connectivity index (χ0v) is 16.1. The van der Waals surface area contributed by atoms with Crippen molar-refractivity contribution in [2.75, 3.05) is 19.6 Å². The summed E-state index contributed by atoms with van der Waals surface area (Å²) in [7, 11) is 0. The van der Waals surface area contributed by atoms with Crippen LogP contribution in [0, 0.1) is 0 Å². The summed E-state index contributed by atoms with van der Waals surface area (Å²) < 4.78 is 0. The highest BCUT2D eigenvalue weighted by Crippen LogP contribution is 2.16. The van der Waals surface area contributed by atoms with Gasteiger partial charge in [0.2, 0.25) is 0 Å². The molecule has 0 radical (unpaired) electrons. The van der Waals surface area contributed by atoms with E-state index in [0.717, 1.165) is 18.0 Å². The number of nitrogens with zero attached hydrogens (tertiary/aromatic N) is 2. The number of likely N-dealkylation sites (tertiary alicyclic amines) is 1. The first-order valence-corrected chi connectivity index (χ1v) is 10.4. The first-order chi connectivity index (χ1) is 12.8. The molecule has 1 fully saturated rings. The minimum Gasteiger partial charge on any atom is -0.347 e. The van der Waals surface area contributed by atoms with Gasteiger partial charge in [0.05, 0.1) is 5.01 Å². The SMILES string of the molecule is NCCc1nc(C(=O)NCc2ccccc2CN2CCCCCC2)cs1. The number of nitrogens with two attached hydrogens (primary N) is 1.